The van der Waals surface area contributed by atoms with E-state index in [0.29, 0.717) is 23.6 Å². The van der Waals surface area contributed by atoms with Crippen LogP contribution in [0.1, 0.15) is 21.1 Å². The van der Waals surface area contributed by atoms with Gasteiger partial charge in [0.15, 0.2) is 0 Å². The van der Waals surface area contributed by atoms with Crippen molar-refractivity contribution in [3.8, 4) is 11.5 Å². The van der Waals surface area contributed by atoms with Gasteiger partial charge in [-0.2, -0.15) is 0 Å². The minimum atomic E-state index is -0.152. The molecule has 0 radical (unpaired) electrons. The van der Waals surface area contributed by atoms with Crippen LogP contribution in [0.3, 0.4) is 0 Å². The smallest absolute Gasteiger partial charge is 0.251 e. The molecule has 0 aliphatic heterocycles. The van der Waals surface area contributed by atoms with E-state index in [2.05, 4.69) is 10.3 Å². The van der Waals surface area contributed by atoms with Gasteiger partial charge in [0.2, 0.25) is 0 Å². The predicted molar refractivity (Wildman–Crippen MR) is 82.4 cm³/mol. The molecule has 0 unspecified atom stereocenters. The Kier molecular flexibility index (Phi) is 5.16. The van der Waals surface area contributed by atoms with Crippen LogP contribution < -0.4 is 14.8 Å². The minimum Gasteiger partial charge on any atom is -0.497 e. The zero-order valence-electron chi connectivity index (χ0n) is 12.3. The number of nitrogens with one attached hydrogen (secondary N) is 1. The Bertz CT molecular complexity index is 603. The summed E-state index contributed by atoms with van der Waals surface area (Å²) in [6.07, 6.45) is 0.728. The molecule has 21 heavy (non-hydrogen) atoms. The number of amides is 1. The molecular formula is C15H18N2O3S. The lowest BCUT2D eigenvalue weighted by Gasteiger charge is -2.08. The van der Waals surface area contributed by atoms with Crippen molar-refractivity contribution in [3.63, 3.8) is 0 Å². The van der Waals surface area contributed by atoms with Gasteiger partial charge in [0.1, 0.15) is 11.5 Å². The first kappa shape index (κ1) is 15.3. The van der Waals surface area contributed by atoms with Crippen LogP contribution in [0.25, 0.3) is 0 Å². The highest BCUT2D eigenvalue weighted by Gasteiger charge is 2.09. The Balaban J connectivity index is 1.96. The second-order valence-electron chi connectivity index (χ2n) is 4.49. The number of rotatable bonds is 6. The average Bonchev–Trinajstić information content (AvgIpc) is 2.92. The number of thiazole rings is 1. The molecule has 2 aromatic rings. The van der Waals surface area contributed by atoms with E-state index < -0.39 is 0 Å². The van der Waals surface area contributed by atoms with Gasteiger partial charge in [0.05, 0.1) is 19.2 Å². The SMILES string of the molecule is COc1cc(OC)cc(C(=O)NCCc2nc(C)cs2)c1. The Hall–Kier alpha value is -2.08. The molecule has 2 rings (SSSR count). The minimum absolute atomic E-state index is 0.152. The summed E-state index contributed by atoms with van der Waals surface area (Å²) in [5, 5.41) is 5.90. The maximum absolute atomic E-state index is 12.1. The van der Waals surface area contributed by atoms with Crippen LogP contribution in [0.15, 0.2) is 23.6 Å². The molecule has 0 aliphatic rings. The van der Waals surface area contributed by atoms with Gasteiger partial charge in [0, 0.05) is 35.7 Å². The fourth-order valence-corrected chi connectivity index (χ4v) is 2.62. The van der Waals surface area contributed by atoms with Gasteiger partial charge in [-0.15, -0.1) is 11.3 Å². The van der Waals surface area contributed by atoms with Gasteiger partial charge in [-0.3, -0.25) is 4.79 Å². The van der Waals surface area contributed by atoms with Gasteiger partial charge in [-0.1, -0.05) is 0 Å². The lowest BCUT2D eigenvalue weighted by Crippen LogP contribution is -2.25. The molecule has 1 amide bonds. The molecule has 0 saturated heterocycles. The van der Waals surface area contributed by atoms with E-state index in [1.165, 1.54) is 0 Å². The van der Waals surface area contributed by atoms with E-state index in [0.717, 1.165) is 17.1 Å². The van der Waals surface area contributed by atoms with Crippen molar-refractivity contribution in [1.29, 1.82) is 0 Å². The summed E-state index contributed by atoms with van der Waals surface area (Å²) < 4.78 is 10.3. The van der Waals surface area contributed by atoms with Crippen LogP contribution in [0.4, 0.5) is 0 Å². The van der Waals surface area contributed by atoms with Gasteiger partial charge in [-0.05, 0) is 19.1 Å². The number of aromatic nitrogens is 1. The van der Waals surface area contributed by atoms with E-state index >= 15 is 0 Å². The Morgan fingerprint density at radius 2 is 1.90 bits per heavy atom. The van der Waals surface area contributed by atoms with Gasteiger partial charge in [0.25, 0.3) is 5.91 Å². The summed E-state index contributed by atoms with van der Waals surface area (Å²) in [5.41, 5.74) is 1.53. The third-order valence-electron chi connectivity index (χ3n) is 2.90. The van der Waals surface area contributed by atoms with Gasteiger partial charge in [-0.25, -0.2) is 4.98 Å². The highest BCUT2D eigenvalue weighted by Crippen LogP contribution is 2.22. The lowest BCUT2D eigenvalue weighted by molar-refractivity contribution is 0.0953. The van der Waals surface area contributed by atoms with Gasteiger partial charge < -0.3 is 14.8 Å². The van der Waals surface area contributed by atoms with Crippen LogP contribution in [0.2, 0.25) is 0 Å². The largest absolute Gasteiger partial charge is 0.497 e. The number of hydrogen-bond acceptors (Lipinski definition) is 5. The Labute approximate surface area is 127 Å². The third kappa shape index (κ3) is 4.19. The van der Waals surface area contributed by atoms with E-state index in [1.54, 1.807) is 43.8 Å². The van der Waals surface area contributed by atoms with Gasteiger partial charge >= 0.3 is 0 Å². The first-order valence-corrected chi connectivity index (χ1v) is 7.42. The third-order valence-corrected chi connectivity index (χ3v) is 3.93. The Morgan fingerprint density at radius 3 is 2.43 bits per heavy atom. The molecule has 1 aromatic carbocycles. The molecule has 0 saturated carbocycles. The molecule has 0 aliphatic carbocycles. The second kappa shape index (κ2) is 7.08. The molecule has 112 valence electrons. The number of carbonyl (C=O) groups excluding carboxylic acids is 1. The summed E-state index contributed by atoms with van der Waals surface area (Å²) in [7, 11) is 3.11. The summed E-state index contributed by atoms with van der Waals surface area (Å²) >= 11 is 1.61. The number of aryl methyl sites for hydroxylation is 1. The average molecular weight is 306 g/mol. The standard InChI is InChI=1S/C15H18N2O3S/c1-10-9-21-14(17-10)4-5-16-15(18)11-6-12(19-2)8-13(7-11)20-3/h6-9H,4-5H2,1-3H3,(H,16,18). The summed E-state index contributed by atoms with van der Waals surface area (Å²) in [6, 6.07) is 5.10. The zero-order chi connectivity index (χ0) is 15.2. The zero-order valence-corrected chi connectivity index (χ0v) is 13.1. The molecule has 1 heterocycles. The van der Waals surface area contributed by atoms with Crippen molar-refractivity contribution in [2.45, 2.75) is 13.3 Å². The number of ether oxygens (including phenoxy) is 2. The first-order chi connectivity index (χ1) is 10.1. The monoisotopic (exact) mass is 306 g/mol. The van der Waals surface area contributed by atoms with Crippen molar-refractivity contribution in [1.82, 2.24) is 10.3 Å². The fraction of sp³-hybridized carbons (Fsp3) is 0.333. The molecule has 1 N–H and O–H groups in total. The number of hydrogen-bond donors (Lipinski definition) is 1. The quantitative estimate of drug-likeness (QED) is 0.890. The molecule has 6 heteroatoms. The number of carbonyl (C=O) groups is 1. The summed E-state index contributed by atoms with van der Waals surface area (Å²) in [5.74, 6) is 1.03. The lowest BCUT2D eigenvalue weighted by atomic mass is 10.2. The normalized spacial score (nSPS) is 10.2. The van der Waals surface area contributed by atoms with E-state index in [4.69, 9.17) is 9.47 Å². The van der Waals surface area contributed by atoms with E-state index in [9.17, 15) is 4.79 Å². The Morgan fingerprint density at radius 1 is 1.24 bits per heavy atom. The predicted octanol–water partition coefficient (Wildman–Crippen LogP) is 2.44. The topological polar surface area (TPSA) is 60.5 Å². The van der Waals surface area contributed by atoms with Crippen LogP contribution in [-0.4, -0.2) is 31.7 Å². The van der Waals surface area contributed by atoms with Crippen molar-refractivity contribution in [3.05, 3.63) is 39.8 Å². The molecule has 1 aromatic heterocycles. The molecule has 5 nitrogen and oxygen atoms in total. The maximum atomic E-state index is 12.1. The second-order valence-corrected chi connectivity index (χ2v) is 5.43. The molecule has 0 spiro atoms. The fourth-order valence-electron chi connectivity index (χ4n) is 1.84. The van der Waals surface area contributed by atoms with Crippen molar-refractivity contribution < 1.29 is 14.3 Å². The van der Waals surface area contributed by atoms with Crippen molar-refractivity contribution in [2.75, 3.05) is 20.8 Å². The van der Waals surface area contributed by atoms with Crippen LogP contribution in [0.5, 0.6) is 11.5 Å². The summed E-state index contributed by atoms with van der Waals surface area (Å²) in [4.78, 5) is 16.5. The first-order valence-electron chi connectivity index (χ1n) is 6.54. The summed E-state index contributed by atoms with van der Waals surface area (Å²) in [6.45, 7) is 2.51. The molecule has 0 atom stereocenters. The number of methoxy groups -OCH3 is 2. The molecule has 0 fully saturated rings. The van der Waals surface area contributed by atoms with Crippen LogP contribution in [-0.2, 0) is 6.42 Å². The van der Waals surface area contributed by atoms with Crippen molar-refractivity contribution >= 4 is 17.2 Å². The van der Waals surface area contributed by atoms with Crippen molar-refractivity contribution in [2.24, 2.45) is 0 Å². The number of benzene rings is 1. The van der Waals surface area contributed by atoms with Crippen LogP contribution >= 0.6 is 11.3 Å². The highest BCUT2D eigenvalue weighted by molar-refractivity contribution is 7.09. The highest BCUT2D eigenvalue weighted by atomic mass is 32.1. The van der Waals surface area contributed by atoms with Crippen LogP contribution in [0, 0.1) is 6.92 Å². The molecule has 0 bridgehead atoms. The van der Waals surface area contributed by atoms with E-state index in [1.807, 2.05) is 12.3 Å². The molecular weight excluding hydrogens is 288 g/mol. The van der Waals surface area contributed by atoms with E-state index in [-0.39, 0.29) is 5.91 Å². The number of nitrogens with zero attached hydrogens (tertiary/aromatic N) is 1. The maximum Gasteiger partial charge on any atom is 0.251 e.